The van der Waals surface area contributed by atoms with Gasteiger partial charge in [-0.1, -0.05) is 18.7 Å². The summed E-state index contributed by atoms with van der Waals surface area (Å²) in [6.07, 6.45) is 4.61. The van der Waals surface area contributed by atoms with E-state index < -0.39 is 0 Å². The fourth-order valence-corrected chi connectivity index (χ4v) is 2.75. The van der Waals surface area contributed by atoms with E-state index in [0.717, 1.165) is 31.2 Å². The molecule has 0 bridgehead atoms. The Kier molecular flexibility index (Phi) is 9.34. The van der Waals surface area contributed by atoms with Crippen LogP contribution in [0.15, 0.2) is 4.99 Å². The number of rotatable bonds is 9. The monoisotopic (exact) mass is 274 g/mol. The number of hydrogen-bond donors (Lipinski definition) is 1. The van der Waals surface area contributed by atoms with Gasteiger partial charge >= 0.3 is 0 Å². The second-order valence-corrected chi connectivity index (χ2v) is 5.47. The van der Waals surface area contributed by atoms with Crippen molar-refractivity contribution in [2.24, 2.45) is 4.99 Å². The number of ether oxygens (including phenoxy) is 2. The molecule has 1 heterocycles. The lowest BCUT2D eigenvalue weighted by atomic mass is 10.2. The van der Waals surface area contributed by atoms with E-state index in [-0.39, 0.29) is 0 Å². The van der Waals surface area contributed by atoms with Crippen molar-refractivity contribution in [2.45, 2.75) is 38.6 Å². The molecule has 0 saturated carbocycles. The van der Waals surface area contributed by atoms with Crippen LogP contribution < -0.4 is 5.32 Å². The largest absolute Gasteiger partial charge is 0.382 e. The number of methoxy groups -OCH3 is 1. The highest BCUT2D eigenvalue weighted by Gasteiger charge is 2.14. The predicted octanol–water partition coefficient (Wildman–Crippen LogP) is 2.29. The molecule has 5 heteroatoms. The maximum atomic E-state index is 5.41. The van der Waals surface area contributed by atoms with E-state index in [9.17, 15) is 0 Å². The summed E-state index contributed by atoms with van der Waals surface area (Å²) in [6.45, 7) is 5.32. The highest BCUT2D eigenvalue weighted by atomic mass is 32.2. The average molecular weight is 274 g/mol. The minimum atomic E-state index is 0.627. The molecule has 0 amide bonds. The zero-order valence-corrected chi connectivity index (χ0v) is 12.4. The molecule has 0 aliphatic carbocycles. The Morgan fingerprint density at radius 3 is 3.00 bits per heavy atom. The van der Waals surface area contributed by atoms with E-state index in [4.69, 9.17) is 9.47 Å². The molecule has 1 atom stereocenters. The predicted molar refractivity (Wildman–Crippen MR) is 78.5 cm³/mol. The Hall–Kier alpha value is -0.260. The van der Waals surface area contributed by atoms with Gasteiger partial charge in [0.05, 0.1) is 13.2 Å². The molecule has 1 fully saturated rings. The molecule has 1 aliphatic heterocycles. The van der Waals surface area contributed by atoms with Gasteiger partial charge in [0.2, 0.25) is 0 Å². The van der Waals surface area contributed by atoms with Crippen LogP contribution in [0.4, 0.5) is 0 Å². The van der Waals surface area contributed by atoms with Gasteiger partial charge in [-0.25, -0.2) is 0 Å². The fraction of sp³-hybridized carbons (Fsp3) is 0.923. The lowest BCUT2D eigenvalue weighted by Gasteiger charge is -2.24. The number of thioether (sulfide) groups is 1. The van der Waals surface area contributed by atoms with Crippen LogP contribution in [0.5, 0.6) is 0 Å². The van der Waals surface area contributed by atoms with Gasteiger partial charge in [-0.15, -0.1) is 0 Å². The van der Waals surface area contributed by atoms with Crippen LogP contribution in [0, 0.1) is 0 Å². The fourth-order valence-electron chi connectivity index (χ4n) is 1.72. The van der Waals surface area contributed by atoms with E-state index in [1.54, 1.807) is 7.11 Å². The summed E-state index contributed by atoms with van der Waals surface area (Å²) >= 11 is 1.85. The Balaban J connectivity index is 1.98. The van der Waals surface area contributed by atoms with E-state index in [2.05, 4.69) is 17.2 Å². The van der Waals surface area contributed by atoms with Gasteiger partial charge in [0.1, 0.15) is 0 Å². The SMILES string of the molecule is CCC1CCSC(=NCCCCOCCOC)N1. The van der Waals surface area contributed by atoms with Crippen LogP contribution in [0.1, 0.15) is 32.6 Å². The number of aliphatic imine (C=N–C) groups is 1. The van der Waals surface area contributed by atoms with Crippen LogP contribution in [0.2, 0.25) is 0 Å². The van der Waals surface area contributed by atoms with E-state index in [1.165, 1.54) is 18.6 Å². The van der Waals surface area contributed by atoms with Crippen LogP contribution >= 0.6 is 11.8 Å². The molecule has 1 rings (SSSR count). The Labute approximate surface area is 115 Å². The van der Waals surface area contributed by atoms with Crippen LogP contribution in [-0.4, -0.2) is 50.4 Å². The maximum Gasteiger partial charge on any atom is 0.156 e. The smallest absolute Gasteiger partial charge is 0.156 e. The molecule has 1 N–H and O–H groups in total. The summed E-state index contributed by atoms with van der Waals surface area (Å²) in [7, 11) is 1.69. The summed E-state index contributed by atoms with van der Waals surface area (Å²) in [6, 6.07) is 0.627. The first-order chi connectivity index (χ1) is 8.86. The van der Waals surface area contributed by atoms with Gasteiger partial charge in [0, 0.05) is 32.1 Å². The highest BCUT2D eigenvalue weighted by molar-refractivity contribution is 8.13. The van der Waals surface area contributed by atoms with Crippen molar-refractivity contribution in [3.05, 3.63) is 0 Å². The number of amidine groups is 1. The summed E-state index contributed by atoms with van der Waals surface area (Å²) in [5, 5.41) is 4.62. The van der Waals surface area contributed by atoms with Crippen molar-refractivity contribution in [3.63, 3.8) is 0 Å². The molecule has 0 aromatic heterocycles. The number of unbranched alkanes of at least 4 members (excludes halogenated alkanes) is 1. The highest BCUT2D eigenvalue weighted by Crippen LogP contribution is 2.15. The van der Waals surface area contributed by atoms with Crippen LogP contribution in [-0.2, 0) is 9.47 Å². The molecule has 1 unspecified atom stereocenters. The van der Waals surface area contributed by atoms with Crippen molar-refractivity contribution in [3.8, 4) is 0 Å². The minimum Gasteiger partial charge on any atom is -0.382 e. The molecular formula is C13H26N2O2S. The standard InChI is InChI=1S/C13H26N2O2S/c1-3-12-6-11-18-13(15-12)14-7-4-5-8-17-10-9-16-2/h12H,3-11H2,1-2H3,(H,14,15). The third-order valence-corrected chi connectivity index (χ3v) is 3.87. The molecule has 1 saturated heterocycles. The van der Waals surface area contributed by atoms with Crippen LogP contribution in [0.25, 0.3) is 0 Å². The van der Waals surface area contributed by atoms with Crippen molar-refractivity contribution < 1.29 is 9.47 Å². The summed E-state index contributed by atoms with van der Waals surface area (Å²) < 4.78 is 10.3. The first-order valence-corrected chi connectivity index (χ1v) is 7.85. The number of nitrogens with zero attached hydrogens (tertiary/aromatic N) is 1. The molecule has 4 nitrogen and oxygen atoms in total. The van der Waals surface area contributed by atoms with Gasteiger partial charge in [-0.2, -0.15) is 0 Å². The maximum absolute atomic E-state index is 5.41. The minimum absolute atomic E-state index is 0.627. The quantitative estimate of drug-likeness (QED) is 0.655. The van der Waals surface area contributed by atoms with E-state index in [1.807, 2.05) is 11.8 Å². The molecule has 106 valence electrons. The lowest BCUT2D eigenvalue weighted by Crippen LogP contribution is -2.37. The third-order valence-electron chi connectivity index (χ3n) is 2.91. The second kappa shape index (κ2) is 10.6. The lowest BCUT2D eigenvalue weighted by molar-refractivity contribution is 0.0690. The molecule has 0 aromatic rings. The third kappa shape index (κ3) is 7.24. The summed E-state index contributed by atoms with van der Waals surface area (Å²) in [5.41, 5.74) is 0. The molecule has 18 heavy (non-hydrogen) atoms. The van der Waals surface area contributed by atoms with Crippen LogP contribution in [0.3, 0.4) is 0 Å². The summed E-state index contributed by atoms with van der Waals surface area (Å²) in [4.78, 5) is 4.60. The molecule has 0 spiro atoms. The zero-order chi connectivity index (χ0) is 13.1. The van der Waals surface area contributed by atoms with Gasteiger partial charge in [0.25, 0.3) is 0 Å². The first-order valence-electron chi connectivity index (χ1n) is 6.87. The number of nitrogens with one attached hydrogen (secondary N) is 1. The van der Waals surface area contributed by atoms with Gasteiger partial charge in [-0.05, 0) is 25.7 Å². The van der Waals surface area contributed by atoms with Crippen molar-refractivity contribution in [1.82, 2.24) is 5.32 Å². The zero-order valence-electron chi connectivity index (χ0n) is 11.6. The normalized spacial score (nSPS) is 22.1. The van der Waals surface area contributed by atoms with E-state index >= 15 is 0 Å². The first kappa shape index (κ1) is 15.8. The van der Waals surface area contributed by atoms with Gasteiger partial charge < -0.3 is 14.8 Å². The average Bonchev–Trinajstić information content (AvgIpc) is 2.42. The van der Waals surface area contributed by atoms with Gasteiger partial charge in [-0.3, -0.25) is 4.99 Å². The van der Waals surface area contributed by atoms with Crippen molar-refractivity contribution in [1.29, 1.82) is 0 Å². The van der Waals surface area contributed by atoms with Crippen molar-refractivity contribution >= 4 is 16.9 Å². The second-order valence-electron chi connectivity index (χ2n) is 4.39. The molecule has 0 aromatic carbocycles. The Bertz CT molecular complexity index is 237. The Morgan fingerprint density at radius 2 is 2.22 bits per heavy atom. The molecular weight excluding hydrogens is 248 g/mol. The van der Waals surface area contributed by atoms with Gasteiger partial charge in [0.15, 0.2) is 5.17 Å². The molecule has 1 aliphatic rings. The Morgan fingerprint density at radius 1 is 1.33 bits per heavy atom. The number of hydrogen-bond acceptors (Lipinski definition) is 4. The summed E-state index contributed by atoms with van der Waals surface area (Å²) in [5.74, 6) is 1.20. The molecule has 0 radical (unpaired) electrons. The van der Waals surface area contributed by atoms with E-state index in [0.29, 0.717) is 19.3 Å². The topological polar surface area (TPSA) is 42.9 Å². The van der Waals surface area contributed by atoms with Crippen molar-refractivity contribution in [2.75, 3.05) is 39.2 Å².